The maximum Gasteiger partial charge on any atom is 0.127 e. The molecule has 4 heteroatoms. The number of aryl methyl sites for hydroxylation is 1. The molecule has 1 aromatic carbocycles. The van der Waals surface area contributed by atoms with Crippen LogP contribution < -0.4 is 10.5 Å². The molecule has 0 radical (unpaired) electrons. The Balaban J connectivity index is 2.94. The van der Waals surface area contributed by atoms with E-state index in [9.17, 15) is 0 Å². The maximum absolute atomic E-state index is 5.71. The Morgan fingerprint density at radius 1 is 1.56 bits per heavy atom. The van der Waals surface area contributed by atoms with Crippen molar-refractivity contribution in [3.8, 4) is 5.75 Å². The molecular formula is C12H15BrClNO. The number of benzene rings is 1. The highest BCUT2D eigenvalue weighted by molar-refractivity contribution is 9.10. The molecule has 0 saturated heterocycles. The summed E-state index contributed by atoms with van der Waals surface area (Å²) >= 11 is 9.02. The number of nitrogens with two attached hydrogens (primary N) is 1. The van der Waals surface area contributed by atoms with Crippen molar-refractivity contribution < 1.29 is 4.74 Å². The van der Waals surface area contributed by atoms with Crippen molar-refractivity contribution in [1.29, 1.82) is 0 Å². The molecule has 1 rings (SSSR count). The van der Waals surface area contributed by atoms with Crippen LogP contribution in [0.2, 0.25) is 0 Å². The zero-order valence-electron chi connectivity index (χ0n) is 9.39. The second-order valence-electron chi connectivity index (χ2n) is 3.66. The quantitative estimate of drug-likeness (QED) is 0.919. The van der Waals surface area contributed by atoms with Gasteiger partial charge in [0.05, 0.1) is 0 Å². The Labute approximate surface area is 110 Å². The third-order valence-electron chi connectivity index (χ3n) is 2.17. The summed E-state index contributed by atoms with van der Waals surface area (Å²) in [4.78, 5) is 0. The minimum Gasteiger partial charge on any atom is -0.489 e. The number of hydrogen-bond acceptors (Lipinski definition) is 2. The van der Waals surface area contributed by atoms with Crippen molar-refractivity contribution in [2.24, 2.45) is 5.73 Å². The van der Waals surface area contributed by atoms with E-state index in [1.165, 1.54) is 5.54 Å². The molecule has 0 saturated carbocycles. The van der Waals surface area contributed by atoms with Gasteiger partial charge in [-0.3, -0.25) is 0 Å². The van der Waals surface area contributed by atoms with E-state index in [0.29, 0.717) is 13.2 Å². The average molecular weight is 305 g/mol. The van der Waals surface area contributed by atoms with Gasteiger partial charge in [-0.05, 0) is 37.1 Å². The van der Waals surface area contributed by atoms with Crippen LogP contribution in [0.1, 0.15) is 18.1 Å². The summed E-state index contributed by atoms with van der Waals surface area (Å²) in [7, 11) is 0. The Hall–Kier alpha value is -0.510. The molecule has 0 unspecified atom stereocenters. The van der Waals surface area contributed by atoms with Gasteiger partial charge in [0.15, 0.2) is 0 Å². The lowest BCUT2D eigenvalue weighted by atomic mass is 10.1. The lowest BCUT2D eigenvalue weighted by molar-refractivity contribution is 0.346. The maximum atomic E-state index is 5.71. The molecule has 0 aliphatic heterocycles. The highest BCUT2D eigenvalue weighted by atomic mass is 79.9. The summed E-state index contributed by atoms with van der Waals surface area (Å²) in [6.07, 6.45) is 0. The molecule has 0 spiro atoms. The fraction of sp³-hybridized carbons (Fsp3) is 0.333. The van der Waals surface area contributed by atoms with Crippen LogP contribution in [0.3, 0.4) is 0 Å². The fourth-order valence-electron chi connectivity index (χ4n) is 1.37. The lowest BCUT2D eigenvalue weighted by Gasteiger charge is -2.14. The second-order valence-corrected chi connectivity index (χ2v) is 4.79. The first kappa shape index (κ1) is 13.6. The summed E-state index contributed by atoms with van der Waals surface area (Å²) in [5.74, 6) is 0.851. The highest BCUT2D eigenvalue weighted by Crippen LogP contribution is 2.28. The average Bonchev–Trinajstić information content (AvgIpc) is 2.26. The zero-order valence-corrected chi connectivity index (χ0v) is 11.7. The lowest BCUT2D eigenvalue weighted by Crippen LogP contribution is -2.06. The Morgan fingerprint density at radius 2 is 2.25 bits per heavy atom. The predicted octanol–water partition coefficient (Wildman–Crippen LogP) is 3.74. The van der Waals surface area contributed by atoms with Crippen molar-refractivity contribution >= 4 is 27.5 Å². The van der Waals surface area contributed by atoms with Gasteiger partial charge in [0.2, 0.25) is 0 Å². The number of hydrogen-bond donors (Lipinski definition) is 1. The molecular weight excluding hydrogens is 289 g/mol. The number of halogens is 2. The summed E-state index contributed by atoms with van der Waals surface area (Å²) in [5.41, 5.74) is 10.3. The van der Waals surface area contributed by atoms with Crippen molar-refractivity contribution in [1.82, 2.24) is 0 Å². The first-order valence-electron chi connectivity index (χ1n) is 4.96. The van der Waals surface area contributed by atoms with E-state index in [2.05, 4.69) is 15.9 Å². The molecule has 0 aliphatic rings. The number of ether oxygens (including phenoxy) is 1. The van der Waals surface area contributed by atoms with Gasteiger partial charge in [-0.2, -0.15) is 0 Å². The van der Waals surface area contributed by atoms with E-state index in [1.54, 1.807) is 0 Å². The molecule has 16 heavy (non-hydrogen) atoms. The molecule has 0 heterocycles. The molecule has 0 aromatic heterocycles. The topological polar surface area (TPSA) is 35.2 Å². The van der Waals surface area contributed by atoms with Crippen LogP contribution in [-0.4, -0.2) is 6.61 Å². The van der Waals surface area contributed by atoms with Crippen LogP contribution in [0, 0.1) is 6.92 Å². The third-order valence-corrected chi connectivity index (χ3v) is 3.00. The Morgan fingerprint density at radius 3 is 2.81 bits per heavy atom. The minimum atomic E-state index is 0.458. The van der Waals surface area contributed by atoms with Gasteiger partial charge < -0.3 is 10.5 Å². The predicted molar refractivity (Wildman–Crippen MR) is 71.9 cm³/mol. The summed E-state index contributed by atoms with van der Waals surface area (Å²) < 4.78 is 6.73. The van der Waals surface area contributed by atoms with E-state index in [1.807, 2.05) is 26.0 Å². The van der Waals surface area contributed by atoms with E-state index in [-0.39, 0.29) is 0 Å². The van der Waals surface area contributed by atoms with E-state index in [4.69, 9.17) is 22.1 Å². The van der Waals surface area contributed by atoms with Gasteiger partial charge in [0.1, 0.15) is 12.4 Å². The van der Waals surface area contributed by atoms with Gasteiger partial charge in [-0.15, -0.1) is 0 Å². The molecule has 0 fully saturated rings. The van der Waals surface area contributed by atoms with Gasteiger partial charge in [-0.25, -0.2) is 0 Å². The van der Waals surface area contributed by atoms with Crippen LogP contribution >= 0.6 is 27.5 Å². The van der Waals surface area contributed by atoms with Gasteiger partial charge in [0, 0.05) is 22.1 Å². The van der Waals surface area contributed by atoms with Gasteiger partial charge in [-0.1, -0.05) is 27.5 Å². The fourth-order valence-corrected chi connectivity index (χ4v) is 2.06. The summed E-state index contributed by atoms with van der Waals surface area (Å²) in [6.45, 7) is 4.86. The normalized spacial score (nSPS) is 11.7. The number of rotatable bonds is 4. The summed E-state index contributed by atoms with van der Waals surface area (Å²) in [5, 5.41) is 0. The molecule has 0 amide bonds. The van der Waals surface area contributed by atoms with Crippen molar-refractivity contribution in [2.75, 3.05) is 6.61 Å². The van der Waals surface area contributed by atoms with Crippen molar-refractivity contribution in [3.05, 3.63) is 38.8 Å². The van der Waals surface area contributed by atoms with Crippen LogP contribution in [0.25, 0.3) is 0 Å². The molecule has 88 valence electrons. The Bertz CT molecular complexity index is 404. The Kier molecular flexibility index (Phi) is 5.32. The van der Waals surface area contributed by atoms with Gasteiger partial charge in [0.25, 0.3) is 0 Å². The molecule has 2 nitrogen and oxygen atoms in total. The third kappa shape index (κ3) is 3.51. The van der Waals surface area contributed by atoms with Crippen molar-refractivity contribution in [2.45, 2.75) is 20.4 Å². The smallest absolute Gasteiger partial charge is 0.127 e. The van der Waals surface area contributed by atoms with E-state index in [0.717, 1.165) is 26.9 Å². The monoisotopic (exact) mass is 303 g/mol. The largest absolute Gasteiger partial charge is 0.489 e. The van der Waals surface area contributed by atoms with Crippen LogP contribution in [-0.2, 0) is 6.54 Å². The summed E-state index contributed by atoms with van der Waals surface area (Å²) in [6, 6.07) is 3.98. The van der Waals surface area contributed by atoms with E-state index < -0.39 is 0 Å². The zero-order chi connectivity index (χ0) is 12.1. The first-order chi connectivity index (χ1) is 7.58. The van der Waals surface area contributed by atoms with Crippen LogP contribution in [0.15, 0.2) is 27.7 Å². The SMILES string of the molecule is CC(=CCl)COc1c(C)cc(Br)cc1CN. The van der Waals surface area contributed by atoms with Crippen LogP contribution in [0.4, 0.5) is 0 Å². The van der Waals surface area contributed by atoms with Crippen LogP contribution in [0.5, 0.6) is 5.75 Å². The van der Waals surface area contributed by atoms with E-state index >= 15 is 0 Å². The van der Waals surface area contributed by atoms with Gasteiger partial charge >= 0.3 is 0 Å². The molecule has 2 N–H and O–H groups in total. The first-order valence-corrected chi connectivity index (χ1v) is 6.19. The standard InChI is InChI=1S/C12H15BrClNO/c1-8(5-14)7-16-12-9(2)3-11(13)4-10(12)6-15/h3-5H,6-7,15H2,1-2H3. The van der Waals surface area contributed by atoms with Crippen molar-refractivity contribution in [3.63, 3.8) is 0 Å². The highest BCUT2D eigenvalue weighted by Gasteiger charge is 2.07. The minimum absolute atomic E-state index is 0.458. The molecule has 1 aromatic rings. The molecule has 0 aliphatic carbocycles. The molecule has 0 atom stereocenters. The molecule has 0 bridgehead atoms. The second kappa shape index (κ2) is 6.28.